The second-order valence-electron chi connectivity index (χ2n) is 6.25. The van der Waals surface area contributed by atoms with Crippen LogP contribution >= 0.6 is 11.6 Å². The molecule has 3 unspecified atom stereocenters. The molecule has 0 amide bonds. The minimum atomic E-state index is -3.58. The Labute approximate surface area is 132 Å². The van der Waals surface area contributed by atoms with E-state index in [1.54, 1.807) is 17.3 Å². The van der Waals surface area contributed by atoms with Gasteiger partial charge in [0.2, 0.25) is 10.0 Å². The monoisotopic (exact) mass is 330 g/mol. The number of nitrogen functional groups attached to an aromatic ring is 1. The smallest absolute Gasteiger partial charge is 0.243 e. The van der Waals surface area contributed by atoms with E-state index in [1.807, 2.05) is 6.92 Å². The molecule has 1 fully saturated rings. The molecular formula is C15H23ClN2O2S. The minimum Gasteiger partial charge on any atom is -0.398 e. The van der Waals surface area contributed by atoms with Crippen molar-refractivity contribution in [2.75, 3.05) is 12.3 Å². The number of piperidine rings is 1. The van der Waals surface area contributed by atoms with Gasteiger partial charge in [-0.05, 0) is 49.8 Å². The third kappa shape index (κ3) is 3.05. The van der Waals surface area contributed by atoms with E-state index in [-0.39, 0.29) is 10.9 Å². The number of sulfonamides is 1. The van der Waals surface area contributed by atoms with Crippen LogP contribution in [0.2, 0.25) is 5.02 Å². The molecule has 118 valence electrons. The zero-order valence-corrected chi connectivity index (χ0v) is 14.5. The Balaban J connectivity index is 2.51. The summed E-state index contributed by atoms with van der Waals surface area (Å²) < 4.78 is 27.7. The Kier molecular flexibility index (Phi) is 4.57. The van der Waals surface area contributed by atoms with Crippen LogP contribution in [-0.4, -0.2) is 25.3 Å². The predicted octanol–water partition coefficient (Wildman–Crippen LogP) is 3.29. The van der Waals surface area contributed by atoms with E-state index in [9.17, 15) is 8.42 Å². The second kappa shape index (κ2) is 5.78. The summed E-state index contributed by atoms with van der Waals surface area (Å²) >= 11 is 6.00. The largest absolute Gasteiger partial charge is 0.398 e. The maximum absolute atomic E-state index is 13.0. The standard InChI is InChI=1S/C15H23ClN2O2S/c1-9-5-10(2)12(4)18(8-9)21(19,20)15-7-13(16)6-14(17)11(15)3/h6-7,9-10,12H,5,8,17H2,1-4H3. The molecule has 1 aromatic carbocycles. The fourth-order valence-electron chi connectivity index (χ4n) is 3.05. The summed E-state index contributed by atoms with van der Waals surface area (Å²) in [7, 11) is -3.58. The van der Waals surface area contributed by atoms with Gasteiger partial charge < -0.3 is 5.73 Å². The first-order chi connectivity index (χ1) is 9.64. The average molecular weight is 331 g/mol. The van der Waals surface area contributed by atoms with Crippen LogP contribution < -0.4 is 5.73 Å². The molecule has 0 spiro atoms. The summed E-state index contributed by atoms with van der Waals surface area (Å²) in [6.45, 7) is 8.42. The molecule has 1 saturated heterocycles. The van der Waals surface area contributed by atoms with Crippen LogP contribution in [0.1, 0.15) is 32.8 Å². The first kappa shape index (κ1) is 16.6. The van der Waals surface area contributed by atoms with Crippen molar-refractivity contribution in [3.63, 3.8) is 0 Å². The van der Waals surface area contributed by atoms with Crippen LogP contribution in [0.3, 0.4) is 0 Å². The highest BCUT2D eigenvalue weighted by Gasteiger charge is 2.38. The van der Waals surface area contributed by atoms with E-state index in [0.29, 0.717) is 34.7 Å². The summed E-state index contributed by atoms with van der Waals surface area (Å²) in [5, 5.41) is 0.349. The van der Waals surface area contributed by atoms with E-state index in [1.165, 1.54) is 6.07 Å². The Morgan fingerprint density at radius 2 is 1.90 bits per heavy atom. The Bertz CT molecular complexity index is 645. The molecule has 0 bridgehead atoms. The summed E-state index contributed by atoms with van der Waals surface area (Å²) in [4.78, 5) is 0.223. The fourth-order valence-corrected chi connectivity index (χ4v) is 5.47. The van der Waals surface area contributed by atoms with Gasteiger partial charge in [-0.2, -0.15) is 4.31 Å². The van der Waals surface area contributed by atoms with Crippen molar-refractivity contribution in [2.24, 2.45) is 11.8 Å². The van der Waals surface area contributed by atoms with Gasteiger partial charge in [0, 0.05) is 23.3 Å². The number of nitrogens with zero attached hydrogens (tertiary/aromatic N) is 1. The molecule has 2 N–H and O–H groups in total. The number of benzene rings is 1. The lowest BCUT2D eigenvalue weighted by Crippen LogP contribution is -2.48. The molecule has 2 rings (SSSR count). The third-order valence-corrected chi connectivity index (χ3v) is 6.79. The topological polar surface area (TPSA) is 63.4 Å². The molecule has 4 nitrogen and oxygen atoms in total. The fraction of sp³-hybridized carbons (Fsp3) is 0.600. The van der Waals surface area contributed by atoms with Gasteiger partial charge in [-0.15, -0.1) is 0 Å². The summed E-state index contributed by atoms with van der Waals surface area (Å²) in [5.41, 5.74) is 6.85. The molecule has 0 radical (unpaired) electrons. The molecule has 0 aliphatic carbocycles. The SMILES string of the molecule is Cc1c(N)cc(Cl)cc1S(=O)(=O)N1CC(C)CC(C)C1C. The molecule has 1 aliphatic rings. The zero-order chi connectivity index (χ0) is 15.9. The van der Waals surface area contributed by atoms with Crippen molar-refractivity contribution < 1.29 is 8.42 Å². The number of nitrogens with two attached hydrogens (primary N) is 1. The maximum Gasteiger partial charge on any atom is 0.243 e. The highest BCUT2D eigenvalue weighted by molar-refractivity contribution is 7.89. The van der Waals surface area contributed by atoms with Crippen LogP contribution in [0, 0.1) is 18.8 Å². The maximum atomic E-state index is 13.0. The predicted molar refractivity (Wildman–Crippen MR) is 86.9 cm³/mol. The number of halogens is 1. The van der Waals surface area contributed by atoms with Crippen molar-refractivity contribution in [2.45, 2.75) is 45.1 Å². The minimum absolute atomic E-state index is 0.0224. The van der Waals surface area contributed by atoms with Gasteiger partial charge in [-0.25, -0.2) is 8.42 Å². The van der Waals surface area contributed by atoms with Gasteiger partial charge in [0.05, 0.1) is 4.90 Å². The molecule has 21 heavy (non-hydrogen) atoms. The molecular weight excluding hydrogens is 308 g/mol. The Morgan fingerprint density at radius 1 is 1.29 bits per heavy atom. The highest BCUT2D eigenvalue weighted by Crippen LogP contribution is 2.34. The van der Waals surface area contributed by atoms with Crippen LogP contribution in [0.15, 0.2) is 17.0 Å². The van der Waals surface area contributed by atoms with E-state index >= 15 is 0 Å². The molecule has 6 heteroatoms. The van der Waals surface area contributed by atoms with Gasteiger partial charge >= 0.3 is 0 Å². The highest BCUT2D eigenvalue weighted by atomic mass is 35.5. The van der Waals surface area contributed by atoms with Crippen LogP contribution in [-0.2, 0) is 10.0 Å². The Hall–Kier alpha value is -0.780. The van der Waals surface area contributed by atoms with E-state index < -0.39 is 10.0 Å². The van der Waals surface area contributed by atoms with E-state index in [0.717, 1.165) is 6.42 Å². The van der Waals surface area contributed by atoms with Gasteiger partial charge in [0.1, 0.15) is 0 Å². The summed E-state index contributed by atoms with van der Waals surface area (Å²) in [5.74, 6) is 0.683. The lowest BCUT2D eigenvalue weighted by molar-refractivity contribution is 0.157. The molecule has 0 saturated carbocycles. The van der Waals surface area contributed by atoms with Crippen molar-refractivity contribution in [3.8, 4) is 0 Å². The number of rotatable bonds is 2. The normalized spacial score (nSPS) is 27.8. The van der Waals surface area contributed by atoms with Gasteiger partial charge in [-0.3, -0.25) is 0 Å². The lowest BCUT2D eigenvalue weighted by Gasteiger charge is -2.40. The first-order valence-electron chi connectivity index (χ1n) is 7.22. The number of anilines is 1. The van der Waals surface area contributed by atoms with E-state index in [2.05, 4.69) is 13.8 Å². The second-order valence-corrected chi connectivity index (χ2v) is 8.55. The molecule has 3 atom stereocenters. The molecule has 1 aliphatic heterocycles. The van der Waals surface area contributed by atoms with Crippen LogP contribution in [0.4, 0.5) is 5.69 Å². The number of hydrogen-bond acceptors (Lipinski definition) is 3. The van der Waals surface area contributed by atoms with Crippen molar-refractivity contribution in [3.05, 3.63) is 22.7 Å². The van der Waals surface area contributed by atoms with Gasteiger partial charge in [0.25, 0.3) is 0 Å². The molecule has 1 aromatic rings. The first-order valence-corrected chi connectivity index (χ1v) is 9.03. The van der Waals surface area contributed by atoms with Crippen LogP contribution in [0.25, 0.3) is 0 Å². The summed E-state index contributed by atoms with van der Waals surface area (Å²) in [6, 6.07) is 3.06. The molecule has 0 aromatic heterocycles. The van der Waals surface area contributed by atoms with Gasteiger partial charge in [0.15, 0.2) is 0 Å². The third-order valence-electron chi connectivity index (χ3n) is 4.50. The van der Waals surface area contributed by atoms with Crippen molar-refractivity contribution in [1.82, 2.24) is 4.31 Å². The average Bonchev–Trinajstić information content (AvgIpc) is 2.37. The lowest BCUT2D eigenvalue weighted by atomic mass is 9.88. The Morgan fingerprint density at radius 3 is 2.52 bits per heavy atom. The zero-order valence-electron chi connectivity index (χ0n) is 12.9. The van der Waals surface area contributed by atoms with Crippen LogP contribution in [0.5, 0.6) is 0 Å². The number of hydrogen-bond donors (Lipinski definition) is 1. The molecule has 1 heterocycles. The summed E-state index contributed by atoms with van der Waals surface area (Å²) in [6.07, 6.45) is 1.05. The van der Waals surface area contributed by atoms with E-state index in [4.69, 9.17) is 17.3 Å². The van der Waals surface area contributed by atoms with Crippen molar-refractivity contribution in [1.29, 1.82) is 0 Å². The van der Waals surface area contributed by atoms with Gasteiger partial charge in [-0.1, -0.05) is 25.4 Å². The van der Waals surface area contributed by atoms with Crippen molar-refractivity contribution >= 4 is 27.3 Å². The quantitative estimate of drug-likeness (QED) is 0.846.